The number of halogens is 1. The molecular formula is C14H21BrO. The summed E-state index contributed by atoms with van der Waals surface area (Å²) < 4.78 is 5.07. The summed E-state index contributed by atoms with van der Waals surface area (Å²) in [5.74, 6) is 0. The van der Waals surface area contributed by atoms with Crippen LogP contribution < -0.4 is 0 Å². The minimum absolute atomic E-state index is 0.244. The lowest BCUT2D eigenvalue weighted by Crippen LogP contribution is -2.12. The van der Waals surface area contributed by atoms with Gasteiger partial charge in [0.2, 0.25) is 0 Å². The second kappa shape index (κ2) is 5.83. The molecule has 0 heterocycles. The molecule has 16 heavy (non-hydrogen) atoms. The van der Waals surface area contributed by atoms with Crippen molar-refractivity contribution in [1.82, 2.24) is 0 Å². The number of methoxy groups -OCH3 is 1. The summed E-state index contributed by atoms with van der Waals surface area (Å²) in [6, 6.07) is 8.79. The van der Waals surface area contributed by atoms with Gasteiger partial charge in [-0.3, -0.25) is 0 Å². The van der Waals surface area contributed by atoms with Crippen molar-refractivity contribution in [2.24, 2.45) is 5.41 Å². The van der Waals surface area contributed by atoms with Gasteiger partial charge in [0.05, 0.1) is 6.61 Å². The molecule has 1 aromatic carbocycles. The molecule has 2 heteroatoms. The summed E-state index contributed by atoms with van der Waals surface area (Å²) in [7, 11) is 1.74. The second-order valence-corrected chi connectivity index (χ2v) is 6.13. The van der Waals surface area contributed by atoms with Gasteiger partial charge in [-0.25, -0.2) is 0 Å². The molecule has 0 aliphatic carbocycles. The summed E-state index contributed by atoms with van der Waals surface area (Å²) in [6.07, 6.45) is 0.985. The third-order valence-electron chi connectivity index (χ3n) is 2.63. The number of alkyl halides is 1. The van der Waals surface area contributed by atoms with Crippen LogP contribution in [0, 0.1) is 5.41 Å². The molecule has 0 bridgehead atoms. The van der Waals surface area contributed by atoms with Gasteiger partial charge in [-0.05, 0) is 23.0 Å². The molecule has 0 radical (unpaired) electrons. The van der Waals surface area contributed by atoms with Gasteiger partial charge in [0, 0.05) is 11.9 Å². The highest BCUT2D eigenvalue weighted by atomic mass is 79.9. The topological polar surface area (TPSA) is 9.23 Å². The van der Waals surface area contributed by atoms with Crippen LogP contribution >= 0.6 is 15.9 Å². The summed E-state index contributed by atoms with van der Waals surface area (Å²) in [5.41, 5.74) is 2.92. The average Bonchev–Trinajstić information content (AvgIpc) is 2.25. The third-order valence-corrected chi connectivity index (χ3v) is 4.53. The largest absolute Gasteiger partial charge is 0.384 e. The van der Waals surface area contributed by atoms with Crippen LogP contribution in [0.25, 0.3) is 0 Å². The molecule has 0 fully saturated rings. The van der Waals surface area contributed by atoms with E-state index in [0.29, 0.717) is 4.83 Å². The lowest BCUT2D eigenvalue weighted by molar-refractivity contribution is 0.202. The zero-order valence-electron chi connectivity index (χ0n) is 10.6. The minimum Gasteiger partial charge on any atom is -0.384 e. The quantitative estimate of drug-likeness (QED) is 0.747. The van der Waals surface area contributed by atoms with Gasteiger partial charge in [0.25, 0.3) is 0 Å². The molecule has 0 aromatic heterocycles. The normalized spacial score (nSPS) is 13.8. The van der Waals surface area contributed by atoms with Crippen LogP contribution in [0.3, 0.4) is 0 Å². The first-order chi connectivity index (χ1) is 7.45. The molecule has 0 amide bonds. The summed E-state index contributed by atoms with van der Waals surface area (Å²) >= 11 is 3.76. The number of ether oxygens (including phenoxy) is 1. The predicted octanol–water partition coefficient (Wildman–Crippen LogP) is 4.36. The molecule has 0 aliphatic heterocycles. The van der Waals surface area contributed by atoms with Gasteiger partial charge in [-0.1, -0.05) is 61.0 Å². The van der Waals surface area contributed by atoms with E-state index < -0.39 is 0 Å². The average molecular weight is 285 g/mol. The van der Waals surface area contributed by atoms with E-state index in [-0.39, 0.29) is 5.41 Å². The van der Waals surface area contributed by atoms with Crippen LogP contribution in [0.2, 0.25) is 0 Å². The number of benzene rings is 1. The maximum absolute atomic E-state index is 5.07. The van der Waals surface area contributed by atoms with E-state index >= 15 is 0 Å². The molecule has 1 nitrogen and oxygen atoms in total. The predicted molar refractivity (Wildman–Crippen MR) is 73.1 cm³/mol. The first-order valence-electron chi connectivity index (χ1n) is 5.67. The lowest BCUT2D eigenvalue weighted by Gasteiger charge is -2.26. The van der Waals surface area contributed by atoms with E-state index in [1.165, 1.54) is 11.1 Å². The Hall–Kier alpha value is -0.340. The number of rotatable bonds is 4. The van der Waals surface area contributed by atoms with Crippen molar-refractivity contribution in [3.63, 3.8) is 0 Å². The summed E-state index contributed by atoms with van der Waals surface area (Å²) in [4.78, 5) is 0.400. The van der Waals surface area contributed by atoms with Crippen LogP contribution in [-0.4, -0.2) is 13.7 Å². The van der Waals surface area contributed by atoms with Crippen molar-refractivity contribution in [2.75, 3.05) is 13.7 Å². The molecule has 90 valence electrons. The third kappa shape index (κ3) is 3.91. The highest BCUT2D eigenvalue weighted by Crippen LogP contribution is 2.39. The Balaban J connectivity index is 2.71. The van der Waals surface area contributed by atoms with Gasteiger partial charge in [0.15, 0.2) is 0 Å². The maximum atomic E-state index is 5.07. The molecule has 1 unspecified atom stereocenters. The van der Waals surface area contributed by atoms with Gasteiger partial charge in [-0.15, -0.1) is 0 Å². The van der Waals surface area contributed by atoms with E-state index in [4.69, 9.17) is 4.74 Å². The molecule has 1 rings (SSSR count). The minimum atomic E-state index is 0.244. The molecule has 0 aliphatic rings. The highest BCUT2D eigenvalue weighted by Gasteiger charge is 2.22. The van der Waals surface area contributed by atoms with Gasteiger partial charge in [-0.2, -0.15) is 0 Å². The molecule has 0 saturated carbocycles. The monoisotopic (exact) mass is 284 g/mol. The molecule has 0 spiro atoms. The van der Waals surface area contributed by atoms with E-state index in [0.717, 1.165) is 13.0 Å². The highest BCUT2D eigenvalue weighted by molar-refractivity contribution is 9.09. The van der Waals surface area contributed by atoms with Crippen molar-refractivity contribution in [3.8, 4) is 0 Å². The van der Waals surface area contributed by atoms with E-state index in [1.54, 1.807) is 7.11 Å². The Morgan fingerprint density at radius 2 is 1.75 bits per heavy atom. The molecule has 0 saturated heterocycles. The van der Waals surface area contributed by atoms with Crippen LogP contribution in [-0.2, 0) is 11.2 Å². The Labute approximate surface area is 107 Å². The van der Waals surface area contributed by atoms with Crippen molar-refractivity contribution in [2.45, 2.75) is 32.0 Å². The Morgan fingerprint density at radius 1 is 1.19 bits per heavy atom. The van der Waals surface area contributed by atoms with Crippen LogP contribution in [0.5, 0.6) is 0 Å². The fourth-order valence-electron chi connectivity index (χ4n) is 1.57. The molecule has 1 aromatic rings. The van der Waals surface area contributed by atoms with Crippen molar-refractivity contribution >= 4 is 15.9 Å². The van der Waals surface area contributed by atoms with E-state index in [9.17, 15) is 0 Å². The standard InChI is InChI=1S/C14H21BrO/c1-14(2,3)13(15)12-7-5-11(6-8-12)9-10-16-4/h5-8,13H,9-10H2,1-4H3. The SMILES string of the molecule is COCCc1ccc(C(Br)C(C)(C)C)cc1. The number of hydrogen-bond acceptors (Lipinski definition) is 1. The molecule has 0 N–H and O–H groups in total. The second-order valence-electron chi connectivity index (χ2n) is 5.21. The van der Waals surface area contributed by atoms with Crippen LogP contribution in [0.4, 0.5) is 0 Å². The Kier molecular flexibility index (Phi) is 5.00. The van der Waals surface area contributed by atoms with Gasteiger partial charge >= 0.3 is 0 Å². The zero-order valence-corrected chi connectivity index (χ0v) is 12.2. The fraction of sp³-hybridized carbons (Fsp3) is 0.571. The van der Waals surface area contributed by atoms with Gasteiger partial charge in [0.1, 0.15) is 0 Å². The van der Waals surface area contributed by atoms with Crippen molar-refractivity contribution in [3.05, 3.63) is 35.4 Å². The van der Waals surface area contributed by atoms with Gasteiger partial charge < -0.3 is 4.74 Å². The smallest absolute Gasteiger partial charge is 0.0502 e. The summed E-state index contributed by atoms with van der Waals surface area (Å²) in [6.45, 7) is 7.51. The van der Waals surface area contributed by atoms with Crippen molar-refractivity contribution in [1.29, 1.82) is 0 Å². The first kappa shape index (κ1) is 13.7. The Morgan fingerprint density at radius 3 is 2.19 bits per heavy atom. The zero-order chi connectivity index (χ0) is 12.2. The summed E-state index contributed by atoms with van der Waals surface area (Å²) in [5, 5.41) is 0. The van der Waals surface area contributed by atoms with E-state index in [2.05, 4.69) is 61.0 Å². The fourth-order valence-corrected chi connectivity index (χ4v) is 1.88. The molecule has 1 atom stereocenters. The van der Waals surface area contributed by atoms with Crippen LogP contribution in [0.15, 0.2) is 24.3 Å². The maximum Gasteiger partial charge on any atom is 0.0502 e. The first-order valence-corrected chi connectivity index (χ1v) is 6.58. The Bertz CT molecular complexity index is 311. The van der Waals surface area contributed by atoms with Crippen LogP contribution in [0.1, 0.15) is 36.7 Å². The van der Waals surface area contributed by atoms with Crippen molar-refractivity contribution < 1.29 is 4.74 Å². The van der Waals surface area contributed by atoms with E-state index in [1.807, 2.05) is 0 Å². The lowest BCUT2D eigenvalue weighted by atomic mass is 9.87. The molecular weight excluding hydrogens is 264 g/mol. The number of hydrogen-bond donors (Lipinski definition) is 0.